The minimum absolute atomic E-state index is 0.0279. The number of hydrogen-bond donors (Lipinski definition) is 1. The van der Waals surface area contributed by atoms with E-state index in [2.05, 4.69) is 41.2 Å². The Hall–Kier alpha value is -3.01. The minimum Gasteiger partial charge on any atom is -0.384 e. The van der Waals surface area contributed by atoms with Crippen LogP contribution in [0.25, 0.3) is 5.70 Å². The molecule has 1 saturated heterocycles. The van der Waals surface area contributed by atoms with E-state index in [1.807, 2.05) is 67.6 Å². The Morgan fingerprint density at radius 1 is 1.03 bits per heavy atom. The summed E-state index contributed by atoms with van der Waals surface area (Å²) in [5.41, 5.74) is 4.39. The summed E-state index contributed by atoms with van der Waals surface area (Å²) in [5.74, 6) is 0. The van der Waals surface area contributed by atoms with Gasteiger partial charge >= 0.3 is 0 Å². The average molecular weight is 564 g/mol. The zero-order valence-corrected chi connectivity index (χ0v) is 24.4. The lowest BCUT2D eigenvalue weighted by Gasteiger charge is -2.45. The van der Waals surface area contributed by atoms with Gasteiger partial charge in [0.1, 0.15) is 6.07 Å². The molecule has 3 aromatic rings. The fraction of sp³-hybridized carbons (Fsp3) is 0.344. The van der Waals surface area contributed by atoms with Gasteiger partial charge in [-0.25, -0.2) is 0 Å². The highest BCUT2D eigenvalue weighted by atomic mass is 35.5. The van der Waals surface area contributed by atoms with E-state index in [-0.39, 0.29) is 6.04 Å². The molecule has 0 aromatic heterocycles. The first-order chi connectivity index (χ1) is 18.7. The molecule has 204 valence electrons. The van der Waals surface area contributed by atoms with Crippen LogP contribution in [-0.2, 0) is 5.60 Å². The summed E-state index contributed by atoms with van der Waals surface area (Å²) in [5, 5.41) is 22.6. The Morgan fingerprint density at radius 3 is 2.28 bits per heavy atom. The van der Waals surface area contributed by atoms with Crippen LogP contribution in [0.3, 0.4) is 0 Å². The highest BCUT2D eigenvalue weighted by molar-refractivity contribution is 6.31. The van der Waals surface area contributed by atoms with Crippen molar-refractivity contribution in [1.82, 2.24) is 9.80 Å². The molecular weight excluding hydrogens is 527 g/mol. The fourth-order valence-corrected chi connectivity index (χ4v) is 5.72. The molecule has 4 rings (SSSR count). The summed E-state index contributed by atoms with van der Waals surface area (Å²) in [6, 6.07) is 23.7. The highest BCUT2D eigenvalue weighted by Crippen LogP contribution is 2.35. The van der Waals surface area contributed by atoms with Gasteiger partial charge in [0.25, 0.3) is 0 Å². The molecule has 0 bridgehead atoms. The van der Waals surface area contributed by atoms with Gasteiger partial charge in [-0.05, 0) is 67.8 Å². The molecule has 7 heteroatoms. The number of halogens is 2. The van der Waals surface area contributed by atoms with E-state index in [1.165, 1.54) is 0 Å². The third kappa shape index (κ3) is 6.59. The summed E-state index contributed by atoms with van der Waals surface area (Å²) in [7, 11) is 0. The van der Waals surface area contributed by atoms with Crippen molar-refractivity contribution in [3.63, 3.8) is 0 Å². The van der Waals surface area contributed by atoms with Gasteiger partial charge < -0.3 is 14.9 Å². The van der Waals surface area contributed by atoms with Crippen LogP contribution < -0.4 is 4.90 Å². The van der Waals surface area contributed by atoms with Gasteiger partial charge in [-0.1, -0.05) is 66.2 Å². The lowest BCUT2D eigenvalue weighted by molar-refractivity contribution is 0.0103. The minimum atomic E-state index is -1.04. The molecule has 1 fully saturated rings. The van der Waals surface area contributed by atoms with Crippen molar-refractivity contribution in [1.29, 1.82) is 5.26 Å². The van der Waals surface area contributed by atoms with E-state index in [1.54, 1.807) is 6.07 Å². The second kappa shape index (κ2) is 12.4. The molecule has 1 N–H and O–H groups in total. The molecule has 1 aliphatic rings. The van der Waals surface area contributed by atoms with Gasteiger partial charge in [0.05, 0.1) is 22.9 Å². The van der Waals surface area contributed by atoms with Crippen LogP contribution in [0, 0.1) is 11.3 Å². The fourth-order valence-electron chi connectivity index (χ4n) is 5.43. The van der Waals surface area contributed by atoms with Gasteiger partial charge in [0.15, 0.2) is 0 Å². The predicted molar refractivity (Wildman–Crippen MR) is 162 cm³/mol. The van der Waals surface area contributed by atoms with Crippen LogP contribution in [0.2, 0.25) is 10.0 Å². The number of benzene rings is 3. The van der Waals surface area contributed by atoms with Gasteiger partial charge in [0, 0.05) is 55.0 Å². The van der Waals surface area contributed by atoms with E-state index in [0.717, 1.165) is 47.7 Å². The van der Waals surface area contributed by atoms with E-state index in [9.17, 15) is 10.4 Å². The first kappa shape index (κ1) is 29.0. The largest absolute Gasteiger partial charge is 0.384 e. The maximum Gasteiger partial charge on any atom is 0.101 e. The summed E-state index contributed by atoms with van der Waals surface area (Å²) in [6.45, 7) is 14.8. The first-order valence-electron chi connectivity index (χ1n) is 13.4. The summed E-state index contributed by atoms with van der Waals surface area (Å²) < 4.78 is 0. The van der Waals surface area contributed by atoms with Crippen molar-refractivity contribution in [2.45, 2.75) is 32.4 Å². The zero-order chi connectivity index (χ0) is 28.2. The Balaban J connectivity index is 1.56. The summed E-state index contributed by atoms with van der Waals surface area (Å²) >= 11 is 12.4. The predicted octanol–water partition coefficient (Wildman–Crippen LogP) is 6.95. The number of piperazine rings is 1. The van der Waals surface area contributed by atoms with Crippen molar-refractivity contribution >= 4 is 34.6 Å². The standard InChI is InChI=1S/C32H36Cl2N4O/c1-5-37(6-2)23(3)24-7-11-27(12-8-24)32(4,39)22-36-17-18-38(30-16-15-29(34)19-26(30)20-35)31(21-36)25-9-13-28(33)14-10-25/h7-16,19,31,39H,3,5-6,17-18,21-22H2,1-2,4H3/t31-,32+/m0/s1. The highest BCUT2D eigenvalue weighted by Gasteiger charge is 2.34. The van der Waals surface area contributed by atoms with Gasteiger partial charge in [-0.15, -0.1) is 0 Å². The van der Waals surface area contributed by atoms with Crippen LogP contribution >= 0.6 is 23.2 Å². The molecule has 0 unspecified atom stereocenters. The molecule has 1 heterocycles. The monoisotopic (exact) mass is 562 g/mol. The Bertz CT molecular complexity index is 1330. The molecule has 39 heavy (non-hydrogen) atoms. The SMILES string of the molecule is C=C(c1ccc([C@](C)(O)CN2CCN(c3ccc(Cl)cc3C#N)[C@H](c3ccc(Cl)cc3)C2)cc1)N(CC)CC. The lowest BCUT2D eigenvalue weighted by atomic mass is 9.92. The molecule has 5 nitrogen and oxygen atoms in total. The van der Waals surface area contributed by atoms with E-state index < -0.39 is 5.60 Å². The number of anilines is 1. The number of β-amino-alcohol motifs (C(OH)–C–C–N with tert-alkyl or cyclic N) is 1. The Kier molecular flexibility index (Phi) is 9.25. The van der Waals surface area contributed by atoms with Crippen LogP contribution in [0.1, 0.15) is 49.1 Å². The van der Waals surface area contributed by atoms with E-state index in [4.69, 9.17) is 23.2 Å². The van der Waals surface area contributed by atoms with Crippen molar-refractivity contribution in [2.75, 3.05) is 44.2 Å². The number of aliphatic hydroxyl groups is 1. The van der Waals surface area contributed by atoms with Crippen molar-refractivity contribution in [2.24, 2.45) is 0 Å². The van der Waals surface area contributed by atoms with Crippen molar-refractivity contribution in [3.8, 4) is 6.07 Å². The lowest BCUT2D eigenvalue weighted by Crippen LogP contribution is -2.52. The molecule has 0 amide bonds. The third-order valence-corrected chi connectivity index (χ3v) is 8.11. The van der Waals surface area contributed by atoms with E-state index in [0.29, 0.717) is 35.2 Å². The number of rotatable bonds is 9. The maximum absolute atomic E-state index is 11.6. The quantitative estimate of drug-likeness (QED) is 0.306. The summed E-state index contributed by atoms with van der Waals surface area (Å²) in [4.78, 5) is 6.78. The topological polar surface area (TPSA) is 53.7 Å². The molecular formula is C32H36Cl2N4O. The van der Waals surface area contributed by atoms with Crippen LogP contribution in [0.5, 0.6) is 0 Å². The molecule has 0 aliphatic carbocycles. The van der Waals surface area contributed by atoms with Gasteiger partial charge in [-0.3, -0.25) is 4.90 Å². The molecule has 0 spiro atoms. The van der Waals surface area contributed by atoms with Gasteiger partial charge in [-0.2, -0.15) is 5.26 Å². The van der Waals surface area contributed by atoms with Crippen molar-refractivity contribution < 1.29 is 5.11 Å². The molecule has 0 radical (unpaired) electrons. The molecule has 2 atom stereocenters. The summed E-state index contributed by atoms with van der Waals surface area (Å²) in [6.07, 6.45) is 0. The molecule has 3 aromatic carbocycles. The van der Waals surface area contributed by atoms with Crippen LogP contribution in [-0.4, -0.2) is 54.2 Å². The van der Waals surface area contributed by atoms with E-state index >= 15 is 0 Å². The number of hydrogen-bond acceptors (Lipinski definition) is 5. The first-order valence-corrected chi connectivity index (χ1v) is 14.1. The maximum atomic E-state index is 11.6. The normalized spacial score (nSPS) is 17.4. The Labute approximate surface area is 242 Å². The molecule has 1 aliphatic heterocycles. The second-order valence-electron chi connectivity index (χ2n) is 10.2. The molecule has 0 saturated carbocycles. The van der Waals surface area contributed by atoms with Crippen LogP contribution in [0.15, 0.2) is 73.3 Å². The average Bonchev–Trinajstić information content (AvgIpc) is 2.94. The Morgan fingerprint density at radius 2 is 1.67 bits per heavy atom. The third-order valence-electron chi connectivity index (χ3n) is 7.62. The number of nitriles is 1. The smallest absolute Gasteiger partial charge is 0.101 e. The zero-order valence-electron chi connectivity index (χ0n) is 22.9. The second-order valence-corrected chi connectivity index (χ2v) is 11.1. The van der Waals surface area contributed by atoms with Gasteiger partial charge in [0.2, 0.25) is 0 Å². The number of nitrogens with zero attached hydrogens (tertiary/aromatic N) is 4. The van der Waals surface area contributed by atoms with Crippen molar-refractivity contribution in [3.05, 3.63) is 106 Å². The van der Waals surface area contributed by atoms with Crippen LogP contribution in [0.4, 0.5) is 5.69 Å².